The molecule has 2 aliphatic rings. The van der Waals surface area contributed by atoms with Crippen molar-refractivity contribution in [3.8, 4) is 0 Å². The van der Waals surface area contributed by atoms with Crippen LogP contribution in [0.2, 0.25) is 0 Å². The van der Waals surface area contributed by atoms with Gasteiger partial charge in [0, 0.05) is 49.9 Å². The highest BCUT2D eigenvalue weighted by atomic mass is 16.3. The van der Waals surface area contributed by atoms with Gasteiger partial charge in [0.25, 0.3) is 11.8 Å². The molecule has 0 atom stereocenters. The number of hydrogen-bond acceptors (Lipinski definition) is 7. The highest BCUT2D eigenvalue weighted by Crippen LogP contribution is 2.22. The minimum Gasteiger partial charge on any atom is -0.395 e. The van der Waals surface area contributed by atoms with Gasteiger partial charge in [-0.15, -0.1) is 0 Å². The number of piperazine rings is 1. The van der Waals surface area contributed by atoms with Crippen LogP contribution in [0.1, 0.15) is 5.69 Å². The highest BCUT2D eigenvalue weighted by molar-refractivity contribution is 6.17. The summed E-state index contributed by atoms with van der Waals surface area (Å²) in [5.41, 5.74) is 2.86. The third-order valence-electron chi connectivity index (χ3n) is 5.34. The first-order valence-electron chi connectivity index (χ1n) is 9.79. The van der Waals surface area contributed by atoms with Crippen LogP contribution in [-0.2, 0) is 16.1 Å². The fourth-order valence-corrected chi connectivity index (χ4v) is 3.63. The predicted octanol–water partition coefficient (Wildman–Crippen LogP) is 0.639. The summed E-state index contributed by atoms with van der Waals surface area (Å²) in [7, 11) is 2.15. The molecule has 8 heteroatoms. The number of β-amino-alcohol motifs (C(OH)–C–C–N with tert-alkyl or cyclic N) is 1. The normalized spacial score (nSPS) is 18.6. The van der Waals surface area contributed by atoms with E-state index < -0.39 is 11.8 Å². The Morgan fingerprint density at radius 1 is 1.10 bits per heavy atom. The van der Waals surface area contributed by atoms with Gasteiger partial charge in [-0.25, -0.2) is 0 Å². The standard InChI is InChI=1S/C21H25N5O3/c1-24-6-8-25(9-7-24)14-17-3-2-15-12-16(4-5-18(15)23-17)22-19-13-20(28)26(10-11-27)21(19)29/h2-5,12-13,22,27H,6-11,14H2,1H3. The summed E-state index contributed by atoms with van der Waals surface area (Å²) in [5.74, 6) is -0.840. The number of carbonyl (C=O) groups is 2. The smallest absolute Gasteiger partial charge is 0.277 e. The van der Waals surface area contributed by atoms with E-state index >= 15 is 0 Å². The number of fused-ring (bicyclic) bond motifs is 1. The number of carbonyl (C=O) groups excluding carboxylic acids is 2. The lowest BCUT2D eigenvalue weighted by Crippen LogP contribution is -2.43. The highest BCUT2D eigenvalue weighted by Gasteiger charge is 2.30. The van der Waals surface area contributed by atoms with Gasteiger partial charge in [-0.3, -0.25) is 24.4 Å². The van der Waals surface area contributed by atoms with Gasteiger partial charge in [-0.05, 0) is 31.3 Å². The van der Waals surface area contributed by atoms with Crippen molar-refractivity contribution in [2.24, 2.45) is 0 Å². The number of nitrogens with zero attached hydrogens (tertiary/aromatic N) is 4. The molecule has 2 amide bonds. The zero-order valence-electron chi connectivity index (χ0n) is 16.5. The zero-order valence-corrected chi connectivity index (χ0v) is 16.5. The van der Waals surface area contributed by atoms with Crippen LogP contribution < -0.4 is 5.32 Å². The molecule has 2 aromatic rings. The fourth-order valence-electron chi connectivity index (χ4n) is 3.63. The summed E-state index contributed by atoms with van der Waals surface area (Å²) in [6.45, 7) is 4.84. The summed E-state index contributed by atoms with van der Waals surface area (Å²) in [5, 5.41) is 13.0. The number of benzene rings is 1. The van der Waals surface area contributed by atoms with Crippen molar-refractivity contribution in [2.45, 2.75) is 6.54 Å². The molecule has 2 aliphatic heterocycles. The van der Waals surface area contributed by atoms with E-state index in [4.69, 9.17) is 10.1 Å². The Bertz CT molecular complexity index is 966. The summed E-state index contributed by atoms with van der Waals surface area (Å²) in [6, 6.07) is 9.75. The van der Waals surface area contributed by atoms with Crippen molar-refractivity contribution in [3.63, 3.8) is 0 Å². The maximum atomic E-state index is 12.3. The Morgan fingerprint density at radius 2 is 1.90 bits per heavy atom. The summed E-state index contributed by atoms with van der Waals surface area (Å²) >= 11 is 0. The fraction of sp³-hybridized carbons (Fsp3) is 0.381. The van der Waals surface area contributed by atoms with Crippen molar-refractivity contribution in [2.75, 3.05) is 51.7 Å². The van der Waals surface area contributed by atoms with Crippen molar-refractivity contribution < 1.29 is 14.7 Å². The molecular formula is C21H25N5O3. The van der Waals surface area contributed by atoms with E-state index in [0.29, 0.717) is 5.69 Å². The van der Waals surface area contributed by atoms with E-state index in [0.717, 1.165) is 54.2 Å². The van der Waals surface area contributed by atoms with Gasteiger partial charge < -0.3 is 15.3 Å². The summed E-state index contributed by atoms with van der Waals surface area (Å²) < 4.78 is 0. The van der Waals surface area contributed by atoms with E-state index in [1.54, 1.807) is 0 Å². The molecule has 3 heterocycles. The Hall–Kier alpha value is -2.81. The van der Waals surface area contributed by atoms with Crippen LogP contribution in [0.5, 0.6) is 0 Å². The Balaban J connectivity index is 1.45. The molecule has 0 bridgehead atoms. The first-order valence-corrected chi connectivity index (χ1v) is 9.79. The van der Waals surface area contributed by atoms with E-state index in [9.17, 15) is 9.59 Å². The van der Waals surface area contributed by atoms with Crippen LogP contribution >= 0.6 is 0 Å². The Labute approximate surface area is 169 Å². The Kier molecular flexibility index (Phi) is 5.57. The quantitative estimate of drug-likeness (QED) is 0.694. The van der Waals surface area contributed by atoms with E-state index in [2.05, 4.69) is 22.2 Å². The SMILES string of the molecule is CN1CCN(Cc2ccc3cc(NC4=CC(=O)N(CCO)C4=O)ccc3n2)CC1. The summed E-state index contributed by atoms with van der Waals surface area (Å²) in [4.78, 5) is 34.7. The third kappa shape index (κ3) is 4.29. The van der Waals surface area contributed by atoms with Crippen LogP contribution in [0.15, 0.2) is 42.1 Å². The number of aliphatic hydroxyl groups excluding tert-OH is 1. The van der Waals surface area contributed by atoms with Gasteiger partial charge in [0.1, 0.15) is 5.70 Å². The average Bonchev–Trinajstić information content (AvgIpc) is 2.97. The number of rotatable bonds is 6. The third-order valence-corrected chi connectivity index (χ3v) is 5.34. The van der Waals surface area contributed by atoms with Gasteiger partial charge in [0.05, 0.1) is 24.4 Å². The molecule has 0 radical (unpaired) electrons. The maximum absolute atomic E-state index is 12.3. The number of aromatic nitrogens is 1. The number of anilines is 1. The van der Waals surface area contributed by atoms with Gasteiger partial charge in [-0.2, -0.15) is 0 Å². The molecule has 4 rings (SSSR count). The molecule has 0 saturated carbocycles. The molecule has 0 spiro atoms. The lowest BCUT2D eigenvalue weighted by molar-refractivity contribution is -0.137. The minimum atomic E-state index is -0.426. The molecule has 1 aromatic carbocycles. The van der Waals surface area contributed by atoms with Gasteiger partial charge in [0.15, 0.2) is 0 Å². The number of aliphatic hydroxyl groups is 1. The topological polar surface area (TPSA) is 89.0 Å². The second-order valence-electron chi connectivity index (χ2n) is 7.49. The molecule has 0 aliphatic carbocycles. The molecule has 1 saturated heterocycles. The molecule has 1 aromatic heterocycles. The second-order valence-corrected chi connectivity index (χ2v) is 7.49. The number of nitrogens with one attached hydrogen (secondary N) is 1. The van der Waals surface area contributed by atoms with Crippen LogP contribution in [0.3, 0.4) is 0 Å². The van der Waals surface area contributed by atoms with E-state index in [1.807, 2.05) is 30.3 Å². The number of imide groups is 1. The number of hydrogen-bond donors (Lipinski definition) is 2. The van der Waals surface area contributed by atoms with Crippen LogP contribution in [0.25, 0.3) is 10.9 Å². The first-order chi connectivity index (χ1) is 14.0. The molecule has 152 valence electrons. The van der Waals surface area contributed by atoms with Crippen LogP contribution in [-0.4, -0.2) is 83.0 Å². The van der Waals surface area contributed by atoms with Gasteiger partial charge >= 0.3 is 0 Å². The van der Waals surface area contributed by atoms with E-state index in [-0.39, 0.29) is 18.8 Å². The number of amides is 2. The number of pyridine rings is 1. The van der Waals surface area contributed by atoms with Crippen molar-refractivity contribution >= 4 is 28.4 Å². The van der Waals surface area contributed by atoms with Gasteiger partial charge in [-0.1, -0.05) is 6.07 Å². The molecule has 2 N–H and O–H groups in total. The zero-order chi connectivity index (χ0) is 20.4. The minimum absolute atomic E-state index is 0.00291. The second kappa shape index (κ2) is 8.28. The molecule has 0 unspecified atom stereocenters. The van der Waals surface area contributed by atoms with Gasteiger partial charge in [0.2, 0.25) is 0 Å². The van der Waals surface area contributed by atoms with Crippen molar-refractivity contribution in [1.82, 2.24) is 19.7 Å². The maximum Gasteiger partial charge on any atom is 0.277 e. The molecular weight excluding hydrogens is 370 g/mol. The number of likely N-dealkylation sites (N-methyl/N-ethyl adjacent to an activating group) is 1. The molecule has 1 fully saturated rings. The first kappa shape index (κ1) is 19.5. The van der Waals surface area contributed by atoms with Crippen LogP contribution in [0.4, 0.5) is 5.69 Å². The predicted molar refractivity (Wildman–Crippen MR) is 110 cm³/mol. The lowest BCUT2D eigenvalue weighted by atomic mass is 10.1. The van der Waals surface area contributed by atoms with Crippen LogP contribution in [0, 0.1) is 0 Å². The molecule has 8 nitrogen and oxygen atoms in total. The summed E-state index contributed by atoms with van der Waals surface area (Å²) in [6.07, 6.45) is 1.26. The van der Waals surface area contributed by atoms with Crippen molar-refractivity contribution in [3.05, 3.63) is 47.8 Å². The van der Waals surface area contributed by atoms with Crippen molar-refractivity contribution in [1.29, 1.82) is 0 Å². The largest absolute Gasteiger partial charge is 0.395 e. The average molecular weight is 395 g/mol. The Morgan fingerprint density at radius 3 is 2.66 bits per heavy atom. The molecule has 29 heavy (non-hydrogen) atoms. The van der Waals surface area contributed by atoms with E-state index in [1.165, 1.54) is 6.08 Å². The monoisotopic (exact) mass is 395 g/mol. The lowest BCUT2D eigenvalue weighted by Gasteiger charge is -2.32.